The van der Waals surface area contributed by atoms with E-state index in [2.05, 4.69) is 30.5 Å². The van der Waals surface area contributed by atoms with E-state index in [4.69, 9.17) is 5.73 Å². The van der Waals surface area contributed by atoms with Gasteiger partial charge in [-0.15, -0.1) is 0 Å². The van der Waals surface area contributed by atoms with Crippen molar-refractivity contribution in [2.45, 2.75) is 44.6 Å². The second-order valence-corrected chi connectivity index (χ2v) is 7.46. The van der Waals surface area contributed by atoms with Gasteiger partial charge in [-0.3, -0.25) is 0 Å². The summed E-state index contributed by atoms with van der Waals surface area (Å²) in [6.07, 6.45) is 1.79. The van der Waals surface area contributed by atoms with Gasteiger partial charge >= 0.3 is 0 Å². The normalized spacial score (nSPS) is 12.3. The summed E-state index contributed by atoms with van der Waals surface area (Å²) in [4.78, 5) is 2.52. The van der Waals surface area contributed by atoms with Crippen LogP contribution in [0.2, 0.25) is 0 Å². The number of unbranched alkanes of at least 4 members (excludes halogenated alkanes) is 1. The number of nitrogens with two attached hydrogens (primary N) is 1. The molecule has 0 aliphatic rings. The van der Waals surface area contributed by atoms with E-state index < -0.39 is 10.0 Å². The van der Waals surface area contributed by atoms with Crippen molar-refractivity contribution in [3.8, 4) is 0 Å². The quantitative estimate of drug-likeness (QED) is 0.568. The Morgan fingerprint density at radius 3 is 2.52 bits per heavy atom. The van der Waals surface area contributed by atoms with E-state index in [0.717, 1.165) is 24.9 Å². The second kappa shape index (κ2) is 7.77. The lowest BCUT2D eigenvalue weighted by Crippen LogP contribution is -2.29. The third-order valence-electron chi connectivity index (χ3n) is 3.66. The third kappa shape index (κ3) is 5.65. The molecule has 0 aliphatic carbocycles. The Labute approximate surface area is 128 Å². The van der Waals surface area contributed by atoms with Crippen molar-refractivity contribution in [2.24, 2.45) is 0 Å². The van der Waals surface area contributed by atoms with Gasteiger partial charge in [-0.1, -0.05) is 0 Å². The van der Waals surface area contributed by atoms with Crippen LogP contribution in [0.5, 0.6) is 0 Å². The number of anilines is 1. The number of hydrogen-bond donors (Lipinski definition) is 2. The Bertz CT molecular complexity index is 556. The van der Waals surface area contributed by atoms with Gasteiger partial charge in [0, 0.05) is 18.3 Å². The molecule has 0 spiro atoms. The monoisotopic (exact) mass is 313 g/mol. The first-order valence-corrected chi connectivity index (χ1v) is 8.78. The Kier molecular flexibility index (Phi) is 6.64. The molecule has 6 heteroatoms. The van der Waals surface area contributed by atoms with Crippen LogP contribution in [0.1, 0.15) is 32.3 Å². The lowest BCUT2D eigenvalue weighted by molar-refractivity contribution is 0.268. The predicted octanol–water partition coefficient (Wildman–Crippen LogP) is 1.98. The fraction of sp³-hybridized carbons (Fsp3) is 0.600. The molecule has 120 valence electrons. The van der Waals surface area contributed by atoms with Gasteiger partial charge in [0.05, 0.1) is 4.90 Å². The Balaban J connectivity index is 2.45. The molecule has 0 saturated carbocycles. The van der Waals surface area contributed by atoms with Crippen molar-refractivity contribution in [1.82, 2.24) is 9.62 Å². The summed E-state index contributed by atoms with van der Waals surface area (Å²) in [5.41, 5.74) is 7.08. The molecule has 5 nitrogen and oxygen atoms in total. The van der Waals surface area contributed by atoms with E-state index in [0.29, 0.717) is 18.3 Å². The zero-order chi connectivity index (χ0) is 16.0. The fourth-order valence-corrected chi connectivity index (χ4v) is 3.01. The maximum atomic E-state index is 12.1. The molecule has 21 heavy (non-hydrogen) atoms. The van der Waals surface area contributed by atoms with Crippen molar-refractivity contribution in [3.05, 3.63) is 23.8 Å². The zero-order valence-electron chi connectivity index (χ0n) is 13.4. The van der Waals surface area contributed by atoms with Gasteiger partial charge in [0.2, 0.25) is 10.0 Å². The number of aryl methyl sites for hydroxylation is 1. The van der Waals surface area contributed by atoms with Crippen LogP contribution >= 0.6 is 0 Å². The number of nitrogens with zero attached hydrogens (tertiary/aromatic N) is 1. The lowest BCUT2D eigenvalue weighted by Gasteiger charge is -2.20. The van der Waals surface area contributed by atoms with E-state index in [1.165, 1.54) is 6.07 Å². The SMILES string of the molecule is Cc1cc(S(=O)(=O)NCCCCN(C)C(C)C)ccc1N. The molecule has 0 unspecified atom stereocenters. The summed E-state index contributed by atoms with van der Waals surface area (Å²) in [7, 11) is -1.36. The maximum absolute atomic E-state index is 12.1. The molecule has 0 aliphatic heterocycles. The number of nitrogens with one attached hydrogen (secondary N) is 1. The number of rotatable bonds is 8. The van der Waals surface area contributed by atoms with Gasteiger partial charge in [0.1, 0.15) is 0 Å². The Morgan fingerprint density at radius 1 is 1.29 bits per heavy atom. The standard InChI is InChI=1S/C15H27N3O2S/c1-12(2)18(4)10-6-5-9-17-21(19,20)14-7-8-15(16)13(3)11-14/h7-8,11-12,17H,5-6,9-10,16H2,1-4H3. The first-order chi connectivity index (χ1) is 9.74. The second-order valence-electron chi connectivity index (χ2n) is 5.70. The van der Waals surface area contributed by atoms with Crippen LogP contribution in [-0.4, -0.2) is 39.5 Å². The van der Waals surface area contributed by atoms with Crippen LogP contribution in [0.4, 0.5) is 5.69 Å². The topological polar surface area (TPSA) is 75.4 Å². The third-order valence-corrected chi connectivity index (χ3v) is 5.12. The molecule has 0 heterocycles. The van der Waals surface area contributed by atoms with Gasteiger partial charge in [-0.05, 0) is 71.0 Å². The Morgan fingerprint density at radius 2 is 1.95 bits per heavy atom. The molecule has 1 aromatic rings. The molecule has 0 amide bonds. The summed E-state index contributed by atoms with van der Waals surface area (Å²) < 4.78 is 26.9. The fourth-order valence-electron chi connectivity index (χ4n) is 1.85. The maximum Gasteiger partial charge on any atom is 0.240 e. The zero-order valence-corrected chi connectivity index (χ0v) is 14.2. The summed E-state index contributed by atoms with van der Waals surface area (Å²) in [5.74, 6) is 0. The average molecular weight is 313 g/mol. The number of nitrogen functional groups attached to an aromatic ring is 1. The average Bonchev–Trinajstić information content (AvgIpc) is 2.40. The van der Waals surface area contributed by atoms with Crippen molar-refractivity contribution in [2.75, 3.05) is 25.9 Å². The molecule has 0 saturated heterocycles. The summed E-state index contributed by atoms with van der Waals surface area (Å²) in [5, 5.41) is 0. The molecule has 0 radical (unpaired) electrons. The number of hydrogen-bond acceptors (Lipinski definition) is 4. The van der Waals surface area contributed by atoms with E-state index in [-0.39, 0.29) is 4.90 Å². The minimum atomic E-state index is -3.44. The first-order valence-electron chi connectivity index (χ1n) is 7.30. The van der Waals surface area contributed by atoms with Crippen LogP contribution in [-0.2, 0) is 10.0 Å². The van der Waals surface area contributed by atoms with Gasteiger partial charge in [-0.2, -0.15) is 0 Å². The molecule has 1 aromatic carbocycles. The number of sulfonamides is 1. The largest absolute Gasteiger partial charge is 0.399 e. The highest BCUT2D eigenvalue weighted by atomic mass is 32.2. The molecule has 1 rings (SSSR count). The lowest BCUT2D eigenvalue weighted by atomic mass is 10.2. The van der Waals surface area contributed by atoms with Crippen molar-refractivity contribution in [3.63, 3.8) is 0 Å². The van der Waals surface area contributed by atoms with Crippen LogP contribution in [0.3, 0.4) is 0 Å². The summed E-state index contributed by atoms with van der Waals surface area (Å²) in [6, 6.07) is 5.28. The molecule has 3 N–H and O–H groups in total. The van der Waals surface area contributed by atoms with E-state index in [9.17, 15) is 8.42 Å². The van der Waals surface area contributed by atoms with E-state index in [1.807, 2.05) is 0 Å². The molecule has 0 aromatic heterocycles. The highest BCUT2D eigenvalue weighted by molar-refractivity contribution is 7.89. The minimum Gasteiger partial charge on any atom is -0.399 e. The van der Waals surface area contributed by atoms with Crippen molar-refractivity contribution in [1.29, 1.82) is 0 Å². The predicted molar refractivity (Wildman–Crippen MR) is 87.8 cm³/mol. The summed E-state index contributed by atoms with van der Waals surface area (Å²) >= 11 is 0. The molecule has 0 bridgehead atoms. The highest BCUT2D eigenvalue weighted by Crippen LogP contribution is 2.16. The molecular weight excluding hydrogens is 286 g/mol. The van der Waals surface area contributed by atoms with Gasteiger partial charge < -0.3 is 10.6 Å². The molecule has 0 fully saturated rings. The van der Waals surface area contributed by atoms with Crippen LogP contribution in [0, 0.1) is 6.92 Å². The van der Waals surface area contributed by atoms with Crippen LogP contribution < -0.4 is 10.5 Å². The first kappa shape index (κ1) is 17.9. The van der Waals surface area contributed by atoms with Gasteiger partial charge in [0.25, 0.3) is 0 Å². The van der Waals surface area contributed by atoms with Crippen LogP contribution in [0.15, 0.2) is 23.1 Å². The highest BCUT2D eigenvalue weighted by Gasteiger charge is 2.14. The van der Waals surface area contributed by atoms with Gasteiger partial charge in [0.15, 0.2) is 0 Å². The smallest absolute Gasteiger partial charge is 0.240 e. The minimum absolute atomic E-state index is 0.272. The number of benzene rings is 1. The van der Waals surface area contributed by atoms with Gasteiger partial charge in [-0.25, -0.2) is 13.1 Å². The summed E-state index contributed by atoms with van der Waals surface area (Å²) in [6.45, 7) is 7.52. The molecule has 0 atom stereocenters. The van der Waals surface area contributed by atoms with Crippen molar-refractivity contribution >= 4 is 15.7 Å². The Hall–Kier alpha value is -1.11. The van der Waals surface area contributed by atoms with Crippen molar-refractivity contribution < 1.29 is 8.42 Å². The van der Waals surface area contributed by atoms with Crippen LogP contribution in [0.25, 0.3) is 0 Å². The van der Waals surface area contributed by atoms with E-state index in [1.54, 1.807) is 19.1 Å². The molecular formula is C15H27N3O2S. The van der Waals surface area contributed by atoms with E-state index >= 15 is 0 Å².